The summed E-state index contributed by atoms with van der Waals surface area (Å²) in [6.07, 6.45) is 0. The molecule has 3 aromatic rings. The molecule has 1 aromatic heterocycles. The molecule has 0 aliphatic heterocycles. The van der Waals surface area contributed by atoms with Gasteiger partial charge in [-0.2, -0.15) is 0 Å². The van der Waals surface area contributed by atoms with Gasteiger partial charge in [0.1, 0.15) is 11.3 Å². The molecule has 3 nitrogen and oxygen atoms in total. The van der Waals surface area contributed by atoms with Crippen molar-refractivity contribution >= 4 is 11.1 Å². The van der Waals surface area contributed by atoms with E-state index in [0.717, 1.165) is 22.4 Å². The molecule has 0 saturated heterocycles. The van der Waals surface area contributed by atoms with Crippen LogP contribution in [0.3, 0.4) is 0 Å². The Morgan fingerprint density at radius 3 is 2.63 bits per heavy atom. The number of nitrogens with zero attached hydrogens (tertiary/aromatic N) is 1. The van der Waals surface area contributed by atoms with Crippen LogP contribution >= 0.6 is 0 Å². The van der Waals surface area contributed by atoms with Gasteiger partial charge in [-0.15, -0.1) is 0 Å². The first-order valence-electron chi connectivity index (χ1n) is 6.36. The van der Waals surface area contributed by atoms with Crippen molar-refractivity contribution in [1.29, 1.82) is 0 Å². The van der Waals surface area contributed by atoms with E-state index in [-0.39, 0.29) is 0 Å². The Morgan fingerprint density at radius 2 is 1.89 bits per heavy atom. The highest BCUT2D eigenvalue weighted by atomic mass is 16.5. The molecular weight excluding hydrogens is 238 g/mol. The molecule has 0 spiro atoms. The highest BCUT2D eigenvalue weighted by Crippen LogP contribution is 2.27. The van der Waals surface area contributed by atoms with E-state index in [9.17, 15) is 0 Å². The average Bonchev–Trinajstić information content (AvgIpc) is 2.83. The van der Waals surface area contributed by atoms with Crippen LogP contribution < -0.4 is 4.74 Å². The van der Waals surface area contributed by atoms with Crippen LogP contribution in [-0.4, -0.2) is 11.6 Å². The van der Waals surface area contributed by atoms with E-state index >= 15 is 0 Å². The summed E-state index contributed by atoms with van der Waals surface area (Å²) in [4.78, 5) is 4.49. The van der Waals surface area contributed by atoms with Crippen LogP contribution in [0.5, 0.6) is 5.75 Å². The number of aryl methyl sites for hydroxylation is 1. The van der Waals surface area contributed by atoms with Gasteiger partial charge >= 0.3 is 0 Å². The van der Waals surface area contributed by atoms with E-state index in [0.29, 0.717) is 12.5 Å². The number of fused-ring (bicyclic) bond motifs is 1. The molecule has 0 amide bonds. The van der Waals surface area contributed by atoms with Crippen molar-refractivity contribution in [1.82, 2.24) is 4.98 Å². The van der Waals surface area contributed by atoms with Crippen LogP contribution in [0.2, 0.25) is 0 Å². The Balaban J connectivity index is 2.03. The van der Waals surface area contributed by atoms with Crippen molar-refractivity contribution in [3.63, 3.8) is 0 Å². The minimum atomic E-state index is 0.642. The molecule has 19 heavy (non-hydrogen) atoms. The van der Waals surface area contributed by atoms with Gasteiger partial charge in [0.25, 0.3) is 0 Å². The van der Waals surface area contributed by atoms with E-state index in [4.69, 9.17) is 9.15 Å². The molecule has 0 fully saturated rings. The fourth-order valence-electron chi connectivity index (χ4n) is 1.98. The van der Waals surface area contributed by atoms with Crippen LogP contribution in [-0.2, 0) is 0 Å². The van der Waals surface area contributed by atoms with E-state index < -0.39 is 0 Å². The minimum Gasteiger partial charge on any atom is -0.494 e. The number of oxazole rings is 1. The molecule has 96 valence electrons. The average molecular weight is 253 g/mol. The van der Waals surface area contributed by atoms with Gasteiger partial charge in [-0.25, -0.2) is 4.98 Å². The smallest absolute Gasteiger partial charge is 0.227 e. The predicted octanol–water partition coefficient (Wildman–Crippen LogP) is 4.20. The lowest BCUT2D eigenvalue weighted by Gasteiger charge is -2.00. The molecule has 0 bridgehead atoms. The third kappa shape index (κ3) is 2.32. The van der Waals surface area contributed by atoms with Gasteiger partial charge in [0, 0.05) is 11.6 Å². The summed E-state index contributed by atoms with van der Waals surface area (Å²) >= 11 is 0. The maximum absolute atomic E-state index is 5.79. The second kappa shape index (κ2) is 4.76. The molecule has 3 rings (SSSR count). The van der Waals surface area contributed by atoms with Crippen molar-refractivity contribution in [3.8, 4) is 17.2 Å². The maximum Gasteiger partial charge on any atom is 0.227 e. The monoisotopic (exact) mass is 253 g/mol. The Labute approximate surface area is 111 Å². The Hall–Kier alpha value is -2.29. The first-order chi connectivity index (χ1) is 9.26. The van der Waals surface area contributed by atoms with Gasteiger partial charge in [0.15, 0.2) is 5.58 Å². The molecule has 2 aromatic carbocycles. The van der Waals surface area contributed by atoms with Gasteiger partial charge in [-0.05, 0) is 38.1 Å². The van der Waals surface area contributed by atoms with Crippen molar-refractivity contribution in [2.75, 3.05) is 6.61 Å². The third-order valence-electron chi connectivity index (χ3n) is 2.97. The predicted molar refractivity (Wildman–Crippen MR) is 75.4 cm³/mol. The minimum absolute atomic E-state index is 0.642. The van der Waals surface area contributed by atoms with Crippen LogP contribution in [0.1, 0.15) is 12.5 Å². The largest absolute Gasteiger partial charge is 0.494 e. The fraction of sp³-hybridized carbons (Fsp3) is 0.188. The number of aromatic nitrogens is 1. The van der Waals surface area contributed by atoms with Crippen molar-refractivity contribution < 1.29 is 9.15 Å². The quantitative estimate of drug-likeness (QED) is 0.701. The summed E-state index contributed by atoms with van der Waals surface area (Å²) in [6.45, 7) is 4.66. The molecule has 0 N–H and O–H groups in total. The summed E-state index contributed by atoms with van der Waals surface area (Å²) in [5.74, 6) is 1.45. The molecule has 1 heterocycles. The SMILES string of the molecule is CCOc1ccc2nc(-c3ccc(C)cc3)oc2c1. The lowest BCUT2D eigenvalue weighted by Crippen LogP contribution is -1.90. The first kappa shape index (κ1) is 11.8. The topological polar surface area (TPSA) is 35.3 Å². The normalized spacial score (nSPS) is 10.8. The zero-order valence-corrected chi connectivity index (χ0v) is 11.0. The standard InChI is InChI=1S/C16H15NO2/c1-3-18-13-8-9-14-15(10-13)19-16(17-14)12-6-4-11(2)5-7-12/h4-10H,3H2,1-2H3. The molecule has 0 radical (unpaired) electrons. The molecule has 0 aliphatic rings. The summed E-state index contributed by atoms with van der Waals surface area (Å²) in [7, 11) is 0. The lowest BCUT2D eigenvalue weighted by molar-refractivity contribution is 0.340. The van der Waals surface area contributed by atoms with Crippen LogP contribution in [0.25, 0.3) is 22.6 Å². The second-order valence-corrected chi connectivity index (χ2v) is 4.45. The van der Waals surface area contributed by atoms with Gasteiger partial charge in [0.05, 0.1) is 6.61 Å². The van der Waals surface area contributed by atoms with Gasteiger partial charge in [-0.1, -0.05) is 17.7 Å². The summed E-state index contributed by atoms with van der Waals surface area (Å²) in [5.41, 5.74) is 3.80. The molecule has 3 heteroatoms. The van der Waals surface area contributed by atoms with Crippen molar-refractivity contribution in [2.24, 2.45) is 0 Å². The highest BCUT2D eigenvalue weighted by Gasteiger charge is 2.08. The van der Waals surface area contributed by atoms with Gasteiger partial charge in [0.2, 0.25) is 5.89 Å². The van der Waals surface area contributed by atoms with E-state index in [1.54, 1.807) is 0 Å². The molecule has 0 aliphatic carbocycles. The highest BCUT2D eigenvalue weighted by molar-refractivity contribution is 5.77. The summed E-state index contributed by atoms with van der Waals surface area (Å²) < 4.78 is 11.2. The first-order valence-corrected chi connectivity index (χ1v) is 6.36. The maximum atomic E-state index is 5.79. The van der Waals surface area contributed by atoms with Crippen LogP contribution in [0.4, 0.5) is 0 Å². The number of rotatable bonds is 3. The molecular formula is C16H15NO2. The number of ether oxygens (including phenoxy) is 1. The zero-order chi connectivity index (χ0) is 13.2. The van der Waals surface area contributed by atoms with E-state index in [1.165, 1.54) is 5.56 Å². The van der Waals surface area contributed by atoms with E-state index in [1.807, 2.05) is 37.3 Å². The molecule has 0 saturated carbocycles. The third-order valence-corrected chi connectivity index (χ3v) is 2.97. The van der Waals surface area contributed by atoms with E-state index in [2.05, 4.69) is 24.0 Å². The fourth-order valence-corrected chi connectivity index (χ4v) is 1.98. The number of hydrogen-bond donors (Lipinski definition) is 0. The number of hydrogen-bond acceptors (Lipinski definition) is 3. The Kier molecular flexibility index (Phi) is 2.95. The zero-order valence-electron chi connectivity index (χ0n) is 11.0. The van der Waals surface area contributed by atoms with Crippen molar-refractivity contribution in [3.05, 3.63) is 48.0 Å². The van der Waals surface area contributed by atoms with Gasteiger partial charge < -0.3 is 9.15 Å². The van der Waals surface area contributed by atoms with Gasteiger partial charge in [-0.3, -0.25) is 0 Å². The lowest BCUT2D eigenvalue weighted by atomic mass is 10.1. The summed E-state index contributed by atoms with van der Waals surface area (Å²) in [5, 5.41) is 0. The number of benzene rings is 2. The second-order valence-electron chi connectivity index (χ2n) is 4.45. The van der Waals surface area contributed by atoms with Crippen LogP contribution in [0.15, 0.2) is 46.9 Å². The molecule has 0 unspecified atom stereocenters. The Bertz CT molecular complexity index is 698. The Morgan fingerprint density at radius 1 is 1.11 bits per heavy atom. The molecule has 0 atom stereocenters. The van der Waals surface area contributed by atoms with Crippen molar-refractivity contribution in [2.45, 2.75) is 13.8 Å². The van der Waals surface area contributed by atoms with Crippen LogP contribution in [0, 0.1) is 6.92 Å². The summed E-state index contributed by atoms with van der Waals surface area (Å²) in [6, 6.07) is 13.8.